The number of carboxylic acids is 1. The van der Waals surface area contributed by atoms with Crippen molar-refractivity contribution in [2.24, 2.45) is 108 Å². The summed E-state index contributed by atoms with van der Waals surface area (Å²) in [4.78, 5) is 119. The van der Waals surface area contributed by atoms with Crippen LogP contribution in [0.5, 0.6) is 0 Å². The first kappa shape index (κ1) is 123. The van der Waals surface area contributed by atoms with Gasteiger partial charge in [0.1, 0.15) is 111 Å². The summed E-state index contributed by atoms with van der Waals surface area (Å²) < 4.78 is 0. The molecule has 2 aliphatic rings. The molecule has 0 radical (unpaired) electrons. The molecule has 1 aromatic rings. The molecule has 142 heavy (non-hydrogen) atoms. The maximum Gasteiger partial charge on any atom is 0.303 e. The van der Waals surface area contributed by atoms with E-state index >= 15 is 0 Å². The van der Waals surface area contributed by atoms with Gasteiger partial charge < -0.3 is 127 Å². The van der Waals surface area contributed by atoms with E-state index in [9.17, 15) is 127 Å². The van der Waals surface area contributed by atoms with Gasteiger partial charge in [-0.1, -0.05) is 71.9 Å². The van der Waals surface area contributed by atoms with Gasteiger partial charge in [0.25, 0.3) is 11.8 Å². The number of aliphatic imine (C=N–C) groups is 18. The minimum atomic E-state index is -1.90. The minimum Gasteiger partial charge on any atom is -0.497 e. The number of hydrogen-bond donors (Lipinski definition) is 25. The fraction of sp³-hybridized carbons (Fsp3) is 0.691. The van der Waals surface area contributed by atoms with E-state index in [2.05, 4.69) is 95.2 Å². The number of benzene rings is 1. The van der Waals surface area contributed by atoms with Crippen LogP contribution in [0.15, 0.2) is 120 Å². The number of amides is 2. The van der Waals surface area contributed by atoms with Gasteiger partial charge in [-0.15, -0.1) is 0 Å². The predicted octanol–water partition coefficient (Wildman–Crippen LogP) is 12.5. The topological polar surface area (TPSA) is 785 Å². The number of carbonyl (C=O) groups is 3. The van der Waals surface area contributed by atoms with Crippen LogP contribution in [0.2, 0.25) is 0 Å². The van der Waals surface area contributed by atoms with Crippen LogP contribution in [-0.2, 0) is 20.8 Å². The number of aliphatic hydroxyl groups excluding tert-OH is 21. The quantitative estimate of drug-likeness (QED) is 0.0164. The summed E-state index contributed by atoms with van der Waals surface area (Å²) in [7, 11) is 0. The summed E-state index contributed by atoms with van der Waals surface area (Å²) in [6, 6.07) is -4.91. The second-order valence-electron chi connectivity index (χ2n) is 40.2. The third-order valence-corrected chi connectivity index (χ3v) is 22.5. The highest BCUT2D eigenvalue weighted by Crippen LogP contribution is 2.31. The Morgan fingerprint density at radius 2 is 0.789 bits per heavy atom. The Hall–Kier alpha value is -13.0. The molecule has 0 saturated carbocycles. The fourth-order valence-corrected chi connectivity index (χ4v) is 14.2. The van der Waals surface area contributed by atoms with E-state index in [0.717, 1.165) is 5.56 Å². The van der Waals surface area contributed by atoms with Gasteiger partial charge in [0.2, 0.25) is 100 Å². The first-order chi connectivity index (χ1) is 65.3. The third kappa shape index (κ3) is 38.8. The number of rotatable bonds is 56. The van der Waals surface area contributed by atoms with E-state index in [0.29, 0.717) is 25.7 Å². The van der Waals surface area contributed by atoms with Crippen LogP contribution in [0.3, 0.4) is 0 Å². The number of aliphatic carboxylic acids is 1. The molecule has 48 heteroatoms. The van der Waals surface area contributed by atoms with E-state index in [1.165, 1.54) is 141 Å². The lowest BCUT2D eigenvalue weighted by molar-refractivity contribution is -0.137. The van der Waals surface area contributed by atoms with Crippen LogP contribution in [0.25, 0.3) is 0 Å². The Balaban J connectivity index is 1.92. The number of likely N-dealkylation sites (tertiary alicyclic amines) is 2. The maximum absolute atomic E-state index is 14.6. The number of carbonyl (C=O) groups excluding carboxylic acids is 2. The van der Waals surface area contributed by atoms with Crippen LogP contribution < -0.4 is 5.32 Å². The Bertz CT molecular complexity index is 5070. The normalized spacial score (nSPS) is 19.4. The van der Waals surface area contributed by atoms with Gasteiger partial charge in [-0.2, -0.15) is 0 Å². The second-order valence-corrected chi connectivity index (χ2v) is 40.2. The van der Waals surface area contributed by atoms with Crippen molar-refractivity contribution in [3.63, 3.8) is 0 Å². The summed E-state index contributed by atoms with van der Waals surface area (Å²) in [6.45, 7) is 35.7. The molecular formula is C94H155N23O25. The molecule has 2 unspecified atom stereocenters. The lowest BCUT2D eigenvalue weighted by Crippen LogP contribution is -2.50. The standard InChI is InChI=1S/C94H155N23O25/c1-49(2)45-60(74(130)111-94(24,25)86(142)116-42-29-33-61(116)75(131)106-67(50(3)4)77(133)114-92(20,21)84(140)115-91(18,19)82(138)105-58(37-40-66(123)124)72(128)104-57(35-38-63(95)120)71(127)101-56(47-97-41-44-118)46-55-31-27-26-28-32-55)102-65(122)48-98-79(135)87(10,11)113-78(134)68(51(5)6)107-83(139)90(16,17)110-73(129)59(36-39-64(96)121)103-69(125)52(7)99-80(136)88(12,13)109-70(126)53(8)100-81(137)89(14,15)112-76(132)62-34-30-43-117(62)85(141)93(22,23)108-54(9)119/h26-28,31-32,49-53,56-62,67-68,97,118H,29-30,33-48H2,1-25H3,(H2,95,120)(H2,96,121)(H,98,135)(H,99,136)(H,100,137)(H,101,127)(H,102,122)(H,103,125)(H,104,128)(H,105,138)(H,106,131)(H,107,139)(H,108,119)(H,109,126)(H,110,129)(H,111,130)(H,112,132)(H,113,134)(H,114,133)(H,115,140)(H,123,124)/t52-,53-,56?,57?,58-,59-,60-,61-,62+,67-,68-/m0/s1. The van der Waals surface area contributed by atoms with E-state index < -0.39 is 278 Å². The molecule has 25 N–H and O–H groups in total. The van der Waals surface area contributed by atoms with Crippen LogP contribution in [0.4, 0.5) is 0 Å². The highest BCUT2D eigenvalue weighted by atomic mass is 16.4. The molecule has 0 aliphatic carbocycles. The Kier molecular flexibility index (Phi) is 46.1. The first-order valence-electron chi connectivity index (χ1n) is 46.9. The average Bonchev–Trinajstić information content (AvgIpc) is 1.80. The van der Waals surface area contributed by atoms with E-state index in [-0.39, 0.29) is 76.7 Å². The zero-order valence-corrected chi connectivity index (χ0v) is 86.2. The van der Waals surface area contributed by atoms with Crippen molar-refractivity contribution >= 4 is 136 Å². The van der Waals surface area contributed by atoms with Crippen molar-refractivity contribution in [1.29, 1.82) is 10.8 Å². The SMILES string of the molecule is CC(O)=NC(C)(C)C(=O)N1CCC[C@@H]1C(O)=NC(C)(C)C(O)=N[C@@H](C)C(O)=NC(C)(C)C(O)=N[C@@H](C)C(O)=N[C@@H](CCC(=N)O)C(O)=NC(C)(C)C(O)=N[C@H](C(O)=NC(C)(C)C(O)=NCC(O)=N[C@@H](CC(C)C)C(O)=NC(C)(C)C(=O)N1CCC[C@H]1C(O)=N[C@H](C(O)=NC(C)(C)C(O)=NC(C)(C)C(O)=N[C@@H](CCC(=O)O)C(O)=NC(CCC(=N)O)C(O)=NC(CNCCO)Cc1ccccc1)C(C)C)C(C)C. The molecule has 11 atom stereocenters. The number of nitrogens with one attached hydrogen (secondary N) is 3. The number of carboxylic acid groups (broad SMARTS) is 1. The van der Waals surface area contributed by atoms with Crippen LogP contribution in [0.1, 0.15) is 249 Å². The zero-order chi connectivity index (χ0) is 109. The molecule has 0 bridgehead atoms. The van der Waals surface area contributed by atoms with Crippen molar-refractivity contribution in [1.82, 2.24) is 15.1 Å². The second kappa shape index (κ2) is 53.2. The van der Waals surface area contributed by atoms with Crippen molar-refractivity contribution in [2.45, 2.75) is 361 Å². The average molecular weight is 2010 g/mol. The minimum absolute atomic E-state index is 0.0426. The van der Waals surface area contributed by atoms with Gasteiger partial charge in [0.05, 0.1) is 12.6 Å². The molecule has 2 fully saturated rings. The largest absolute Gasteiger partial charge is 0.497 e. The molecule has 1 aromatic carbocycles. The smallest absolute Gasteiger partial charge is 0.303 e. The highest BCUT2D eigenvalue weighted by molar-refractivity contribution is 6.01. The molecule has 796 valence electrons. The lowest BCUT2D eigenvalue weighted by Gasteiger charge is -2.31. The van der Waals surface area contributed by atoms with E-state index in [1.54, 1.807) is 41.5 Å². The molecule has 3 rings (SSSR count). The molecule has 48 nitrogen and oxygen atoms in total. The van der Waals surface area contributed by atoms with Crippen molar-refractivity contribution in [2.75, 3.05) is 39.3 Å². The summed E-state index contributed by atoms with van der Waals surface area (Å²) in [5, 5.41) is 262. The first-order valence-corrected chi connectivity index (χ1v) is 46.9. The van der Waals surface area contributed by atoms with Crippen LogP contribution in [-0.4, -0.2) is 408 Å². The van der Waals surface area contributed by atoms with Crippen molar-refractivity contribution < 1.29 is 127 Å². The Morgan fingerprint density at radius 1 is 0.401 bits per heavy atom. The van der Waals surface area contributed by atoms with Gasteiger partial charge in [-0.3, -0.25) is 25.2 Å². The van der Waals surface area contributed by atoms with Gasteiger partial charge in [0, 0.05) is 52.4 Å². The molecule has 2 aliphatic heterocycles. The maximum atomic E-state index is 14.6. The molecule has 0 aromatic heterocycles. The van der Waals surface area contributed by atoms with Gasteiger partial charge in [-0.05, 0) is 206 Å². The predicted molar refractivity (Wildman–Crippen MR) is 555 cm³/mol. The molecule has 2 heterocycles. The summed E-state index contributed by atoms with van der Waals surface area (Å²) in [5.74, 6) is -18.5. The molecule has 2 saturated heterocycles. The summed E-state index contributed by atoms with van der Waals surface area (Å²) in [6.07, 6.45) is -0.811. The van der Waals surface area contributed by atoms with Gasteiger partial charge in [-0.25, -0.2) is 89.9 Å². The Morgan fingerprint density at radius 3 is 1.27 bits per heavy atom. The molecular weight excluding hydrogens is 1850 g/mol. The van der Waals surface area contributed by atoms with E-state index in [1.807, 2.05) is 30.3 Å². The highest BCUT2D eigenvalue weighted by Gasteiger charge is 2.45. The number of aliphatic hydroxyl groups is 21. The lowest BCUT2D eigenvalue weighted by atomic mass is 10.0. The monoisotopic (exact) mass is 2010 g/mol. The third-order valence-electron chi connectivity index (χ3n) is 22.5. The van der Waals surface area contributed by atoms with Crippen LogP contribution >= 0.6 is 0 Å². The van der Waals surface area contributed by atoms with Crippen molar-refractivity contribution in [3.05, 3.63) is 35.9 Å². The van der Waals surface area contributed by atoms with Crippen molar-refractivity contribution in [3.8, 4) is 0 Å². The van der Waals surface area contributed by atoms with Crippen LogP contribution in [0, 0.1) is 28.6 Å². The zero-order valence-electron chi connectivity index (χ0n) is 86.2. The van der Waals surface area contributed by atoms with E-state index in [4.69, 9.17) is 10.8 Å². The summed E-state index contributed by atoms with van der Waals surface area (Å²) in [5.41, 5.74) is -13.1. The molecule has 2 amide bonds. The van der Waals surface area contributed by atoms with Gasteiger partial charge >= 0.3 is 5.97 Å². The molecule has 0 spiro atoms. The van der Waals surface area contributed by atoms with Gasteiger partial charge in [0.15, 0.2) is 17.7 Å². The Labute approximate surface area is 828 Å². The number of hydrogen-bond acceptors (Lipinski definition) is 25. The fourth-order valence-electron chi connectivity index (χ4n) is 14.2. The summed E-state index contributed by atoms with van der Waals surface area (Å²) >= 11 is 0. The number of nitrogens with zero attached hydrogens (tertiary/aromatic N) is 20.